The summed E-state index contributed by atoms with van der Waals surface area (Å²) in [6.07, 6.45) is -0.531. The van der Waals surface area contributed by atoms with Gasteiger partial charge in [0.25, 0.3) is 0 Å². The number of ether oxygens (including phenoxy) is 1. The number of rotatable bonds is 4. The Labute approximate surface area is 131 Å². The van der Waals surface area contributed by atoms with Gasteiger partial charge in [-0.1, -0.05) is 41.9 Å². The second kappa shape index (κ2) is 7.18. The van der Waals surface area contributed by atoms with E-state index in [0.717, 1.165) is 16.7 Å². The third kappa shape index (κ3) is 4.40. The van der Waals surface area contributed by atoms with Crippen molar-refractivity contribution in [2.24, 2.45) is 0 Å². The SMILES string of the molecule is C/C(=C\c1ccc(Cl)cc1)c1ccc(OC(F)=C(F)F)cc1. The standard InChI is InChI=1S/C17H12ClF3O/c1-11(10-12-2-6-14(18)7-3-12)13-4-8-15(9-5-13)22-17(21)16(19)20/h2-10H,1H3/b11-10+. The van der Waals surface area contributed by atoms with E-state index in [9.17, 15) is 13.2 Å². The normalized spacial score (nSPS) is 11.2. The first kappa shape index (κ1) is 16.2. The number of benzene rings is 2. The molecule has 0 spiro atoms. The molecule has 22 heavy (non-hydrogen) atoms. The van der Waals surface area contributed by atoms with Crippen LogP contribution >= 0.6 is 11.6 Å². The van der Waals surface area contributed by atoms with Gasteiger partial charge in [0.2, 0.25) is 0 Å². The molecular weight excluding hydrogens is 313 g/mol. The second-order valence-corrected chi connectivity index (χ2v) is 4.98. The Morgan fingerprint density at radius 2 is 1.55 bits per heavy atom. The van der Waals surface area contributed by atoms with Crippen LogP contribution in [0.4, 0.5) is 13.2 Å². The molecule has 0 unspecified atom stereocenters. The highest BCUT2D eigenvalue weighted by atomic mass is 35.5. The van der Waals surface area contributed by atoms with Gasteiger partial charge in [-0.15, -0.1) is 0 Å². The van der Waals surface area contributed by atoms with E-state index in [4.69, 9.17) is 11.6 Å². The summed E-state index contributed by atoms with van der Waals surface area (Å²) in [5.41, 5.74) is 2.81. The molecule has 2 aromatic carbocycles. The lowest BCUT2D eigenvalue weighted by Crippen LogP contribution is -1.91. The summed E-state index contributed by atoms with van der Waals surface area (Å²) in [7, 11) is 0. The molecule has 0 fully saturated rings. The van der Waals surface area contributed by atoms with Gasteiger partial charge in [0, 0.05) is 5.02 Å². The van der Waals surface area contributed by atoms with Crippen LogP contribution in [-0.4, -0.2) is 0 Å². The van der Waals surface area contributed by atoms with Crippen LogP contribution in [0.2, 0.25) is 5.02 Å². The zero-order chi connectivity index (χ0) is 16.1. The Morgan fingerprint density at radius 3 is 2.09 bits per heavy atom. The molecule has 0 heterocycles. The summed E-state index contributed by atoms with van der Waals surface area (Å²) in [5, 5.41) is 0.659. The first-order chi connectivity index (χ1) is 10.5. The minimum absolute atomic E-state index is 0.00772. The lowest BCUT2D eigenvalue weighted by atomic mass is 10.0. The molecule has 0 atom stereocenters. The monoisotopic (exact) mass is 324 g/mol. The van der Waals surface area contributed by atoms with Gasteiger partial charge < -0.3 is 4.74 Å². The van der Waals surface area contributed by atoms with E-state index in [1.54, 1.807) is 24.3 Å². The molecule has 0 saturated heterocycles. The van der Waals surface area contributed by atoms with Crippen molar-refractivity contribution in [3.8, 4) is 5.75 Å². The molecule has 0 aliphatic carbocycles. The quantitative estimate of drug-likeness (QED) is 0.472. The lowest BCUT2D eigenvalue weighted by molar-refractivity contribution is 0.241. The molecule has 5 heteroatoms. The number of hydrogen-bond donors (Lipinski definition) is 0. The van der Waals surface area contributed by atoms with Crippen LogP contribution in [0.3, 0.4) is 0 Å². The maximum absolute atomic E-state index is 12.7. The van der Waals surface area contributed by atoms with E-state index < -0.39 is 12.1 Å². The van der Waals surface area contributed by atoms with Crippen LogP contribution in [0.1, 0.15) is 18.1 Å². The van der Waals surface area contributed by atoms with Gasteiger partial charge in [0.15, 0.2) is 0 Å². The van der Waals surface area contributed by atoms with Crippen molar-refractivity contribution in [2.45, 2.75) is 6.92 Å². The van der Waals surface area contributed by atoms with Crippen molar-refractivity contribution in [1.29, 1.82) is 0 Å². The highest BCUT2D eigenvalue weighted by Crippen LogP contribution is 2.23. The maximum Gasteiger partial charge on any atom is 0.344 e. The second-order valence-electron chi connectivity index (χ2n) is 4.54. The van der Waals surface area contributed by atoms with Crippen molar-refractivity contribution in [1.82, 2.24) is 0 Å². The summed E-state index contributed by atoms with van der Waals surface area (Å²) in [6, 6.07) is 11.6. The van der Waals surface area contributed by atoms with Crippen LogP contribution in [0.15, 0.2) is 60.6 Å². The van der Waals surface area contributed by atoms with Gasteiger partial charge in [0.05, 0.1) is 0 Å². The van der Waals surface area contributed by atoms with E-state index in [1.165, 1.54) is 12.1 Å². The third-order valence-electron chi connectivity index (χ3n) is 2.92. The van der Waals surface area contributed by atoms with Gasteiger partial charge in [-0.3, -0.25) is 0 Å². The minimum Gasteiger partial charge on any atom is -0.428 e. The lowest BCUT2D eigenvalue weighted by Gasteiger charge is -2.05. The van der Waals surface area contributed by atoms with Crippen LogP contribution in [-0.2, 0) is 0 Å². The molecule has 0 aromatic heterocycles. The molecule has 2 rings (SSSR count). The van der Waals surface area contributed by atoms with E-state index in [0.29, 0.717) is 5.02 Å². The number of allylic oxidation sites excluding steroid dienone is 1. The Morgan fingerprint density at radius 1 is 0.955 bits per heavy atom. The topological polar surface area (TPSA) is 9.23 Å². The average molecular weight is 325 g/mol. The van der Waals surface area contributed by atoms with E-state index in [-0.39, 0.29) is 5.75 Å². The van der Waals surface area contributed by atoms with Gasteiger partial charge in [-0.2, -0.15) is 13.2 Å². The highest BCUT2D eigenvalue weighted by molar-refractivity contribution is 6.30. The average Bonchev–Trinajstić information content (AvgIpc) is 2.50. The Hall–Kier alpha value is -2.20. The predicted octanol–water partition coefficient (Wildman–Crippen LogP) is 6.31. The fourth-order valence-electron chi connectivity index (χ4n) is 1.82. The Kier molecular flexibility index (Phi) is 5.28. The molecule has 0 amide bonds. The third-order valence-corrected chi connectivity index (χ3v) is 3.17. The molecule has 0 saturated carbocycles. The van der Waals surface area contributed by atoms with Gasteiger partial charge in [-0.05, 0) is 47.9 Å². The summed E-state index contributed by atoms with van der Waals surface area (Å²) in [5.74, 6) is 0.00772. The molecule has 114 valence electrons. The van der Waals surface area contributed by atoms with Gasteiger partial charge in [-0.25, -0.2) is 0 Å². The van der Waals surface area contributed by atoms with Crippen molar-refractivity contribution in [2.75, 3.05) is 0 Å². The first-order valence-corrected chi connectivity index (χ1v) is 6.76. The maximum atomic E-state index is 12.7. The summed E-state index contributed by atoms with van der Waals surface area (Å²) >= 11 is 5.82. The van der Waals surface area contributed by atoms with Crippen LogP contribution < -0.4 is 4.74 Å². The summed E-state index contributed by atoms with van der Waals surface area (Å²) in [4.78, 5) is 0. The molecule has 0 radical (unpaired) electrons. The minimum atomic E-state index is -2.48. The molecule has 0 aliphatic rings. The number of halogens is 4. The van der Waals surface area contributed by atoms with Crippen molar-refractivity contribution in [3.05, 3.63) is 76.8 Å². The first-order valence-electron chi connectivity index (χ1n) is 6.38. The fraction of sp³-hybridized carbons (Fsp3) is 0.0588. The zero-order valence-corrected chi connectivity index (χ0v) is 12.4. The van der Waals surface area contributed by atoms with E-state index in [1.807, 2.05) is 25.1 Å². The van der Waals surface area contributed by atoms with Crippen molar-refractivity contribution in [3.63, 3.8) is 0 Å². The molecule has 0 bridgehead atoms. The largest absolute Gasteiger partial charge is 0.428 e. The molecule has 1 nitrogen and oxygen atoms in total. The highest BCUT2D eigenvalue weighted by Gasteiger charge is 2.07. The van der Waals surface area contributed by atoms with Gasteiger partial charge >= 0.3 is 12.1 Å². The Balaban J connectivity index is 2.16. The van der Waals surface area contributed by atoms with Crippen LogP contribution in [0.5, 0.6) is 5.75 Å². The molecular formula is C17H12ClF3O. The van der Waals surface area contributed by atoms with E-state index >= 15 is 0 Å². The zero-order valence-electron chi connectivity index (χ0n) is 11.6. The van der Waals surface area contributed by atoms with E-state index in [2.05, 4.69) is 4.74 Å². The molecule has 0 aliphatic heterocycles. The Bertz CT molecular complexity index is 700. The van der Waals surface area contributed by atoms with Crippen LogP contribution in [0.25, 0.3) is 11.6 Å². The fourth-order valence-corrected chi connectivity index (χ4v) is 1.95. The summed E-state index contributed by atoms with van der Waals surface area (Å²) < 4.78 is 41.0. The van der Waals surface area contributed by atoms with Crippen LogP contribution in [0, 0.1) is 0 Å². The predicted molar refractivity (Wildman–Crippen MR) is 82.4 cm³/mol. The molecule has 0 N–H and O–H groups in total. The smallest absolute Gasteiger partial charge is 0.344 e. The molecule has 2 aromatic rings. The van der Waals surface area contributed by atoms with Gasteiger partial charge in [0.1, 0.15) is 5.75 Å². The summed E-state index contributed by atoms with van der Waals surface area (Å²) in [6.45, 7) is 1.91. The van der Waals surface area contributed by atoms with Crippen molar-refractivity contribution < 1.29 is 17.9 Å². The van der Waals surface area contributed by atoms with Crippen molar-refractivity contribution >= 4 is 23.3 Å². The number of hydrogen-bond acceptors (Lipinski definition) is 1.